The van der Waals surface area contributed by atoms with Crippen molar-refractivity contribution in [3.63, 3.8) is 0 Å². The zero-order valence-electron chi connectivity index (χ0n) is 10.5. The summed E-state index contributed by atoms with van der Waals surface area (Å²) in [4.78, 5) is 0. The van der Waals surface area contributed by atoms with Crippen molar-refractivity contribution in [1.29, 1.82) is 0 Å². The Kier molecular flexibility index (Phi) is 5.11. The standard InChI is InChI=1S/C14H27NO/c15-13-9-3-1-2-4-10-14(13)16-11-12-7-5-6-8-12/h12-14H,1-11,15H2. The molecule has 94 valence electrons. The van der Waals surface area contributed by atoms with Gasteiger partial charge in [0.25, 0.3) is 0 Å². The van der Waals surface area contributed by atoms with E-state index in [2.05, 4.69) is 0 Å². The van der Waals surface area contributed by atoms with Crippen molar-refractivity contribution in [3.05, 3.63) is 0 Å². The van der Waals surface area contributed by atoms with Crippen molar-refractivity contribution >= 4 is 0 Å². The van der Waals surface area contributed by atoms with Crippen LogP contribution in [0.1, 0.15) is 64.2 Å². The quantitative estimate of drug-likeness (QED) is 0.800. The molecule has 2 fully saturated rings. The van der Waals surface area contributed by atoms with Gasteiger partial charge in [-0.3, -0.25) is 0 Å². The van der Waals surface area contributed by atoms with Crippen molar-refractivity contribution in [2.24, 2.45) is 11.7 Å². The second-order valence-corrected chi connectivity index (χ2v) is 5.68. The molecule has 0 spiro atoms. The summed E-state index contributed by atoms with van der Waals surface area (Å²) < 4.78 is 6.09. The number of nitrogens with two attached hydrogens (primary N) is 1. The second-order valence-electron chi connectivity index (χ2n) is 5.68. The molecule has 0 aromatic rings. The van der Waals surface area contributed by atoms with Gasteiger partial charge < -0.3 is 10.5 Å². The van der Waals surface area contributed by atoms with E-state index in [4.69, 9.17) is 10.5 Å². The molecule has 0 bridgehead atoms. The molecule has 0 aromatic heterocycles. The van der Waals surface area contributed by atoms with Crippen LogP contribution in [0.4, 0.5) is 0 Å². The van der Waals surface area contributed by atoms with Gasteiger partial charge in [-0.15, -0.1) is 0 Å². The molecule has 2 aliphatic rings. The summed E-state index contributed by atoms with van der Waals surface area (Å²) in [5.74, 6) is 0.831. The predicted molar refractivity (Wildman–Crippen MR) is 67.4 cm³/mol. The second kappa shape index (κ2) is 6.61. The Hall–Kier alpha value is -0.0800. The minimum absolute atomic E-state index is 0.293. The number of hydrogen-bond donors (Lipinski definition) is 1. The molecule has 2 aliphatic carbocycles. The first-order chi connectivity index (χ1) is 7.86. The SMILES string of the molecule is NC1CCCCCCC1OCC1CCCC1. The van der Waals surface area contributed by atoms with Crippen molar-refractivity contribution in [1.82, 2.24) is 0 Å². The zero-order valence-corrected chi connectivity index (χ0v) is 10.5. The van der Waals surface area contributed by atoms with Crippen LogP contribution in [0.25, 0.3) is 0 Å². The monoisotopic (exact) mass is 225 g/mol. The van der Waals surface area contributed by atoms with Gasteiger partial charge in [0.1, 0.15) is 0 Å². The third-order valence-corrected chi connectivity index (χ3v) is 4.27. The van der Waals surface area contributed by atoms with E-state index in [-0.39, 0.29) is 0 Å². The van der Waals surface area contributed by atoms with E-state index in [0.29, 0.717) is 12.1 Å². The van der Waals surface area contributed by atoms with Crippen molar-refractivity contribution in [2.75, 3.05) is 6.61 Å². The molecule has 2 unspecified atom stereocenters. The van der Waals surface area contributed by atoms with Gasteiger partial charge >= 0.3 is 0 Å². The van der Waals surface area contributed by atoms with E-state index in [1.54, 1.807) is 0 Å². The highest BCUT2D eigenvalue weighted by Gasteiger charge is 2.22. The summed E-state index contributed by atoms with van der Waals surface area (Å²) in [7, 11) is 0. The van der Waals surface area contributed by atoms with Gasteiger partial charge in [-0.1, -0.05) is 38.5 Å². The molecule has 16 heavy (non-hydrogen) atoms. The lowest BCUT2D eigenvalue weighted by Gasteiger charge is -2.27. The fourth-order valence-corrected chi connectivity index (χ4v) is 3.12. The fraction of sp³-hybridized carbons (Fsp3) is 1.00. The summed E-state index contributed by atoms with van der Waals surface area (Å²) in [6.07, 6.45) is 13.6. The molecule has 2 atom stereocenters. The third kappa shape index (κ3) is 3.74. The van der Waals surface area contributed by atoms with Gasteiger partial charge in [0, 0.05) is 12.6 Å². The molecule has 0 heterocycles. The van der Waals surface area contributed by atoms with Crippen LogP contribution in [0, 0.1) is 5.92 Å². The number of rotatable bonds is 3. The fourth-order valence-electron chi connectivity index (χ4n) is 3.12. The molecule has 0 radical (unpaired) electrons. The molecule has 0 amide bonds. The number of hydrogen-bond acceptors (Lipinski definition) is 2. The van der Waals surface area contributed by atoms with Gasteiger partial charge in [-0.25, -0.2) is 0 Å². The van der Waals surface area contributed by atoms with Crippen molar-refractivity contribution < 1.29 is 4.74 Å². The van der Waals surface area contributed by atoms with Crippen LogP contribution in [0.2, 0.25) is 0 Å². The average molecular weight is 225 g/mol. The first kappa shape index (κ1) is 12.4. The first-order valence-electron chi connectivity index (χ1n) is 7.23. The molecule has 0 aliphatic heterocycles. The average Bonchev–Trinajstić information content (AvgIpc) is 2.76. The Bertz CT molecular complexity index is 189. The van der Waals surface area contributed by atoms with E-state index >= 15 is 0 Å². The van der Waals surface area contributed by atoms with E-state index < -0.39 is 0 Å². The molecular formula is C14H27NO. The minimum Gasteiger partial charge on any atom is -0.376 e. The maximum Gasteiger partial charge on any atom is 0.0726 e. The lowest BCUT2D eigenvalue weighted by molar-refractivity contribution is 0.00411. The highest BCUT2D eigenvalue weighted by atomic mass is 16.5. The molecule has 0 saturated heterocycles. The van der Waals surface area contributed by atoms with Crippen LogP contribution in [-0.2, 0) is 4.74 Å². The summed E-state index contributed by atoms with van der Waals surface area (Å²) in [5, 5.41) is 0. The van der Waals surface area contributed by atoms with Crippen LogP contribution in [0.3, 0.4) is 0 Å². The van der Waals surface area contributed by atoms with Crippen molar-refractivity contribution in [3.8, 4) is 0 Å². The lowest BCUT2D eigenvalue weighted by Crippen LogP contribution is -2.38. The van der Waals surface area contributed by atoms with Gasteiger partial charge in [0.2, 0.25) is 0 Å². The van der Waals surface area contributed by atoms with E-state index in [1.807, 2.05) is 0 Å². The Morgan fingerprint density at radius 3 is 2.19 bits per heavy atom. The smallest absolute Gasteiger partial charge is 0.0726 e. The van der Waals surface area contributed by atoms with Crippen LogP contribution < -0.4 is 5.73 Å². The Morgan fingerprint density at radius 2 is 1.44 bits per heavy atom. The summed E-state index contributed by atoms with van der Waals surface area (Å²) in [5.41, 5.74) is 6.21. The highest BCUT2D eigenvalue weighted by molar-refractivity contribution is 4.77. The Morgan fingerprint density at radius 1 is 0.812 bits per heavy atom. The van der Waals surface area contributed by atoms with E-state index in [1.165, 1.54) is 57.8 Å². The normalized spacial score (nSPS) is 33.6. The van der Waals surface area contributed by atoms with Crippen LogP contribution >= 0.6 is 0 Å². The lowest BCUT2D eigenvalue weighted by atomic mass is 9.94. The van der Waals surface area contributed by atoms with Crippen LogP contribution in [0.5, 0.6) is 0 Å². The maximum absolute atomic E-state index is 6.21. The molecule has 0 aromatic carbocycles. The largest absolute Gasteiger partial charge is 0.376 e. The summed E-state index contributed by atoms with van der Waals surface area (Å²) >= 11 is 0. The van der Waals surface area contributed by atoms with Gasteiger partial charge in [-0.05, 0) is 31.6 Å². The topological polar surface area (TPSA) is 35.2 Å². The molecule has 2 heteroatoms. The van der Waals surface area contributed by atoms with Gasteiger partial charge in [0.15, 0.2) is 0 Å². The number of ether oxygens (including phenoxy) is 1. The summed E-state index contributed by atoms with van der Waals surface area (Å²) in [6.45, 7) is 0.971. The molecular weight excluding hydrogens is 198 g/mol. The molecule has 2 rings (SSSR count). The van der Waals surface area contributed by atoms with Crippen LogP contribution in [-0.4, -0.2) is 18.8 Å². The van der Waals surface area contributed by atoms with Crippen molar-refractivity contribution in [2.45, 2.75) is 76.4 Å². The molecule has 2 N–H and O–H groups in total. The predicted octanol–water partition coefficient (Wildman–Crippen LogP) is 3.24. The van der Waals surface area contributed by atoms with E-state index in [9.17, 15) is 0 Å². The highest BCUT2D eigenvalue weighted by Crippen LogP contribution is 2.26. The third-order valence-electron chi connectivity index (χ3n) is 4.27. The Balaban J connectivity index is 1.71. The Labute approximate surface area is 99.9 Å². The van der Waals surface area contributed by atoms with Gasteiger partial charge in [-0.2, -0.15) is 0 Å². The molecule has 2 nitrogen and oxygen atoms in total. The van der Waals surface area contributed by atoms with Crippen LogP contribution in [0.15, 0.2) is 0 Å². The molecule has 2 saturated carbocycles. The maximum atomic E-state index is 6.21. The minimum atomic E-state index is 0.293. The zero-order chi connectivity index (χ0) is 11.2. The summed E-state index contributed by atoms with van der Waals surface area (Å²) in [6, 6.07) is 0.293. The van der Waals surface area contributed by atoms with Gasteiger partial charge in [0.05, 0.1) is 6.10 Å². The van der Waals surface area contributed by atoms with E-state index in [0.717, 1.165) is 18.9 Å². The first-order valence-corrected chi connectivity index (χ1v) is 7.23.